The Morgan fingerprint density at radius 3 is 2.62 bits per heavy atom. The number of aromatic nitrogens is 3. The highest BCUT2D eigenvalue weighted by atomic mass is 16.5. The van der Waals surface area contributed by atoms with Crippen LogP contribution < -0.4 is 4.74 Å². The van der Waals surface area contributed by atoms with E-state index in [1.54, 1.807) is 36.7 Å². The van der Waals surface area contributed by atoms with Crippen LogP contribution in [0.1, 0.15) is 0 Å². The van der Waals surface area contributed by atoms with Crippen LogP contribution in [0.4, 0.5) is 5.69 Å². The van der Waals surface area contributed by atoms with Crippen molar-refractivity contribution >= 4 is 16.7 Å². The molecule has 4 rings (SSSR count). The van der Waals surface area contributed by atoms with Gasteiger partial charge in [-0.1, -0.05) is 0 Å². The fraction of sp³-hybridized carbons (Fsp3) is 0. The second kappa shape index (κ2) is 5.92. The lowest BCUT2D eigenvalue weighted by Crippen LogP contribution is -1.92. The van der Waals surface area contributed by atoms with Crippen molar-refractivity contribution in [3.8, 4) is 22.8 Å². The van der Waals surface area contributed by atoms with Crippen molar-refractivity contribution in [2.45, 2.75) is 0 Å². The van der Waals surface area contributed by atoms with E-state index >= 15 is 0 Å². The van der Waals surface area contributed by atoms with Crippen molar-refractivity contribution < 1.29 is 4.74 Å². The second-order valence-electron chi connectivity index (χ2n) is 5.16. The van der Waals surface area contributed by atoms with Crippen molar-refractivity contribution in [3.63, 3.8) is 0 Å². The molecule has 0 atom stereocenters. The molecule has 1 aromatic carbocycles. The van der Waals surface area contributed by atoms with Crippen LogP contribution in [-0.2, 0) is 0 Å². The van der Waals surface area contributed by atoms with Crippen molar-refractivity contribution in [2.24, 2.45) is 5.11 Å². The highest BCUT2D eigenvalue weighted by Crippen LogP contribution is 2.35. The van der Waals surface area contributed by atoms with E-state index in [1.165, 1.54) is 0 Å². The maximum absolute atomic E-state index is 7.01. The summed E-state index contributed by atoms with van der Waals surface area (Å²) in [6.45, 7) is 0. The molecule has 6 nitrogen and oxygen atoms in total. The maximum atomic E-state index is 7.01. The Morgan fingerprint density at radius 1 is 0.917 bits per heavy atom. The number of hydrogen-bond acceptors (Lipinski definition) is 5. The zero-order chi connectivity index (χ0) is 16.4. The molecule has 0 saturated heterocycles. The van der Waals surface area contributed by atoms with E-state index in [-0.39, 0.29) is 0 Å². The highest BCUT2D eigenvalue weighted by molar-refractivity contribution is 5.94. The number of pyridine rings is 2. The zero-order valence-corrected chi connectivity index (χ0v) is 12.6. The zero-order valence-electron chi connectivity index (χ0n) is 12.6. The van der Waals surface area contributed by atoms with Gasteiger partial charge in [0.1, 0.15) is 11.4 Å². The van der Waals surface area contributed by atoms with Crippen LogP contribution in [0, 0.1) is 5.53 Å². The van der Waals surface area contributed by atoms with Gasteiger partial charge in [-0.3, -0.25) is 0 Å². The first-order chi connectivity index (χ1) is 11.8. The molecule has 3 aromatic heterocycles. The first kappa shape index (κ1) is 14.1. The number of rotatable bonds is 4. The number of fused-ring (bicyclic) bond motifs is 1. The van der Waals surface area contributed by atoms with Crippen molar-refractivity contribution in [2.75, 3.05) is 0 Å². The molecular weight excluding hydrogens is 302 g/mol. The topological polar surface area (TPSA) is 87.0 Å². The average Bonchev–Trinajstić information content (AvgIpc) is 3.12. The monoisotopic (exact) mass is 315 g/mol. The van der Waals surface area contributed by atoms with Gasteiger partial charge >= 0.3 is 0 Å². The lowest BCUT2D eigenvalue weighted by molar-refractivity contribution is 0.465. The Bertz CT molecular complexity index is 1010. The summed E-state index contributed by atoms with van der Waals surface area (Å²) in [7, 11) is 0. The largest absolute Gasteiger partial charge is 0.438 e. The molecule has 0 fully saturated rings. The van der Waals surface area contributed by atoms with Gasteiger partial charge in [-0.25, -0.2) is 15.5 Å². The smallest absolute Gasteiger partial charge is 0.227 e. The van der Waals surface area contributed by atoms with Gasteiger partial charge in [0.2, 0.25) is 5.88 Å². The Hall–Kier alpha value is -3.54. The van der Waals surface area contributed by atoms with Crippen LogP contribution in [0.25, 0.3) is 22.2 Å². The lowest BCUT2D eigenvalue weighted by Gasteiger charge is -2.10. The van der Waals surface area contributed by atoms with Gasteiger partial charge in [0.05, 0.1) is 5.69 Å². The summed E-state index contributed by atoms with van der Waals surface area (Å²) < 4.78 is 5.94. The van der Waals surface area contributed by atoms with Gasteiger partial charge in [-0.05, 0) is 54.1 Å². The summed E-state index contributed by atoms with van der Waals surface area (Å²) in [5.41, 5.74) is 10.3. The minimum Gasteiger partial charge on any atom is -0.438 e. The Kier molecular flexibility index (Phi) is 3.47. The van der Waals surface area contributed by atoms with E-state index in [0.717, 1.165) is 22.2 Å². The highest BCUT2D eigenvalue weighted by Gasteiger charge is 2.12. The normalized spacial score (nSPS) is 10.7. The molecular formula is C18H13N5O. The van der Waals surface area contributed by atoms with E-state index in [0.29, 0.717) is 17.3 Å². The van der Waals surface area contributed by atoms with E-state index < -0.39 is 0 Å². The molecule has 0 aliphatic heterocycles. The molecule has 3 heterocycles. The summed E-state index contributed by atoms with van der Waals surface area (Å²) in [5.74, 6) is 1.16. The Morgan fingerprint density at radius 2 is 1.79 bits per heavy atom. The fourth-order valence-corrected chi connectivity index (χ4v) is 2.57. The van der Waals surface area contributed by atoms with Gasteiger partial charge in [-0.2, -0.15) is 5.11 Å². The third-order valence-corrected chi connectivity index (χ3v) is 3.70. The Balaban J connectivity index is 1.77. The third-order valence-electron chi connectivity index (χ3n) is 3.70. The molecule has 0 spiro atoms. The predicted molar refractivity (Wildman–Crippen MR) is 90.6 cm³/mol. The van der Waals surface area contributed by atoms with Crippen LogP contribution in [0.2, 0.25) is 0 Å². The van der Waals surface area contributed by atoms with Crippen molar-refractivity contribution in [1.29, 1.82) is 5.53 Å². The quantitative estimate of drug-likeness (QED) is 0.515. The minimum absolute atomic E-state index is 0.516. The van der Waals surface area contributed by atoms with Crippen LogP contribution in [0.3, 0.4) is 0 Å². The van der Waals surface area contributed by atoms with Gasteiger partial charge < -0.3 is 9.72 Å². The molecule has 6 heteroatoms. The lowest BCUT2D eigenvalue weighted by atomic mass is 10.1. The van der Waals surface area contributed by atoms with E-state index in [4.69, 9.17) is 10.3 Å². The first-order valence-corrected chi connectivity index (χ1v) is 7.38. The molecule has 24 heavy (non-hydrogen) atoms. The Labute approximate surface area is 137 Å². The number of nitrogens with one attached hydrogen (secondary N) is 2. The van der Waals surface area contributed by atoms with Gasteiger partial charge in [0.25, 0.3) is 0 Å². The summed E-state index contributed by atoms with van der Waals surface area (Å²) >= 11 is 0. The molecule has 0 aliphatic carbocycles. The number of benzene rings is 1. The fourth-order valence-electron chi connectivity index (χ4n) is 2.57. The van der Waals surface area contributed by atoms with E-state index in [2.05, 4.69) is 20.1 Å². The number of aromatic amines is 1. The first-order valence-electron chi connectivity index (χ1n) is 7.38. The minimum atomic E-state index is 0.516. The molecule has 116 valence electrons. The average molecular weight is 315 g/mol. The molecule has 4 aromatic rings. The van der Waals surface area contributed by atoms with Crippen LogP contribution in [0.5, 0.6) is 11.6 Å². The molecule has 0 aliphatic rings. The van der Waals surface area contributed by atoms with Crippen LogP contribution in [0.15, 0.2) is 72.2 Å². The maximum Gasteiger partial charge on any atom is 0.227 e. The van der Waals surface area contributed by atoms with Gasteiger partial charge in [0, 0.05) is 29.5 Å². The van der Waals surface area contributed by atoms with Gasteiger partial charge in [-0.15, -0.1) is 0 Å². The number of hydrogen-bond donors (Lipinski definition) is 2. The van der Waals surface area contributed by atoms with E-state index in [1.807, 2.05) is 30.5 Å². The molecule has 0 amide bonds. The second-order valence-corrected chi connectivity index (χ2v) is 5.16. The molecule has 0 bridgehead atoms. The van der Waals surface area contributed by atoms with Crippen molar-refractivity contribution in [3.05, 3.63) is 67.1 Å². The molecule has 0 unspecified atom stereocenters. The van der Waals surface area contributed by atoms with E-state index in [9.17, 15) is 0 Å². The van der Waals surface area contributed by atoms with Crippen LogP contribution in [-0.4, -0.2) is 15.0 Å². The molecule has 2 N–H and O–H groups in total. The van der Waals surface area contributed by atoms with Crippen LogP contribution >= 0.6 is 0 Å². The summed E-state index contributed by atoms with van der Waals surface area (Å²) in [6.07, 6.45) is 5.32. The number of ether oxygens (including phenoxy) is 1. The molecule has 0 radical (unpaired) electrons. The van der Waals surface area contributed by atoms with Crippen molar-refractivity contribution in [1.82, 2.24) is 15.0 Å². The number of nitrogens with zero attached hydrogens (tertiary/aromatic N) is 3. The summed E-state index contributed by atoms with van der Waals surface area (Å²) in [6, 6.07) is 14.8. The standard InChI is InChI=1S/C18H13N5O/c19-23-12-3-5-13(6-4-12)24-18-16(2-1-9-22-18)14-7-10-20-17-15(14)8-11-21-17/h1-11,19H,(H,20,21). The van der Waals surface area contributed by atoms with Gasteiger partial charge in [0.15, 0.2) is 0 Å². The summed E-state index contributed by atoms with van der Waals surface area (Å²) in [4.78, 5) is 11.8. The molecule has 0 saturated carbocycles. The predicted octanol–water partition coefficient (Wildman–Crippen LogP) is 5.08. The number of H-pyrrole nitrogens is 1. The SMILES string of the molecule is N=Nc1ccc(Oc2ncccc2-c2ccnc3[nH]ccc23)cc1. The third kappa shape index (κ3) is 2.50. The summed E-state index contributed by atoms with van der Waals surface area (Å²) in [5, 5.41) is 4.39.